The fourth-order valence-corrected chi connectivity index (χ4v) is 5.13. The average Bonchev–Trinajstić information content (AvgIpc) is 3.13. The lowest BCUT2D eigenvalue weighted by atomic mass is 10.1. The second kappa shape index (κ2) is 7.39. The third kappa shape index (κ3) is 4.02. The van der Waals surface area contributed by atoms with Crippen LogP contribution in [0.5, 0.6) is 0 Å². The first kappa shape index (κ1) is 18.3. The van der Waals surface area contributed by atoms with E-state index in [0.717, 1.165) is 25.0 Å². The van der Waals surface area contributed by atoms with Gasteiger partial charge in [0.25, 0.3) is 0 Å². The number of thioether (sulfide) groups is 1. The molecular formula is C17H18F2N2O2S2. The van der Waals surface area contributed by atoms with Crippen molar-refractivity contribution in [3.05, 3.63) is 53.7 Å². The van der Waals surface area contributed by atoms with Crippen LogP contribution in [0.3, 0.4) is 0 Å². The smallest absolute Gasteiger partial charge is 0.244 e. The minimum absolute atomic E-state index is 0.156. The second-order valence-electron chi connectivity index (χ2n) is 5.87. The maximum Gasteiger partial charge on any atom is 0.244 e. The van der Waals surface area contributed by atoms with Gasteiger partial charge in [0.2, 0.25) is 10.0 Å². The van der Waals surface area contributed by atoms with Gasteiger partial charge in [-0.25, -0.2) is 22.2 Å². The fraction of sp³-hybridized carbons (Fsp3) is 0.353. The number of hydrogen-bond donors (Lipinski definition) is 0. The Morgan fingerprint density at radius 3 is 2.52 bits per heavy atom. The van der Waals surface area contributed by atoms with Crippen molar-refractivity contribution in [1.82, 2.24) is 9.29 Å². The molecule has 0 radical (unpaired) electrons. The van der Waals surface area contributed by atoms with Crippen LogP contribution in [0, 0.1) is 11.6 Å². The number of rotatable bonds is 5. The molecule has 1 unspecified atom stereocenters. The van der Waals surface area contributed by atoms with Crippen LogP contribution in [-0.4, -0.2) is 30.8 Å². The zero-order valence-electron chi connectivity index (χ0n) is 13.7. The number of aromatic nitrogens is 1. The monoisotopic (exact) mass is 384 g/mol. The number of hydrogen-bond acceptors (Lipinski definition) is 4. The predicted molar refractivity (Wildman–Crippen MR) is 92.9 cm³/mol. The summed E-state index contributed by atoms with van der Waals surface area (Å²) in [6.45, 7) is 2.82. The molecule has 0 saturated carbocycles. The molecule has 1 aliphatic rings. The Hall–Kier alpha value is -1.51. The zero-order valence-corrected chi connectivity index (χ0v) is 15.3. The normalized spacial score (nSPS) is 16.9. The fourth-order valence-electron chi connectivity index (χ4n) is 2.74. The zero-order chi connectivity index (χ0) is 18.0. The Kier molecular flexibility index (Phi) is 5.41. The molecule has 0 bridgehead atoms. The SMILES string of the molecule is CC(Sc1ccc(S(=O)(=O)N2CCCC2)cn1)c1cc(F)ccc1F. The van der Waals surface area contributed by atoms with Gasteiger partial charge in [-0.05, 0) is 50.1 Å². The minimum atomic E-state index is -3.50. The molecule has 0 N–H and O–H groups in total. The van der Waals surface area contributed by atoms with Gasteiger partial charge in [-0.2, -0.15) is 4.31 Å². The van der Waals surface area contributed by atoms with Gasteiger partial charge in [-0.3, -0.25) is 0 Å². The van der Waals surface area contributed by atoms with Gasteiger partial charge in [0.15, 0.2) is 0 Å². The molecular weight excluding hydrogens is 366 g/mol. The van der Waals surface area contributed by atoms with Crippen molar-refractivity contribution >= 4 is 21.8 Å². The molecule has 2 aromatic rings. The summed E-state index contributed by atoms with van der Waals surface area (Å²) < 4.78 is 53.5. The number of pyridine rings is 1. The number of sulfonamides is 1. The van der Waals surface area contributed by atoms with E-state index in [1.807, 2.05) is 0 Å². The largest absolute Gasteiger partial charge is 0.249 e. The lowest BCUT2D eigenvalue weighted by Crippen LogP contribution is -2.27. The van der Waals surface area contributed by atoms with Gasteiger partial charge >= 0.3 is 0 Å². The molecule has 0 amide bonds. The van der Waals surface area contributed by atoms with E-state index in [1.165, 1.54) is 34.4 Å². The molecule has 4 nitrogen and oxygen atoms in total. The molecule has 0 spiro atoms. The van der Waals surface area contributed by atoms with Gasteiger partial charge in [-0.1, -0.05) is 11.8 Å². The summed E-state index contributed by atoms with van der Waals surface area (Å²) in [7, 11) is -3.50. The van der Waals surface area contributed by atoms with Crippen LogP contribution in [0.25, 0.3) is 0 Å². The van der Waals surface area contributed by atoms with E-state index in [2.05, 4.69) is 4.98 Å². The van der Waals surface area contributed by atoms with E-state index in [0.29, 0.717) is 18.1 Å². The molecule has 8 heteroatoms. The Morgan fingerprint density at radius 1 is 1.16 bits per heavy atom. The maximum atomic E-state index is 13.8. The van der Waals surface area contributed by atoms with Gasteiger partial charge in [0.05, 0.1) is 5.03 Å². The summed E-state index contributed by atoms with van der Waals surface area (Å²) in [5, 5.41) is 0.195. The molecule has 1 aliphatic heterocycles. The molecule has 2 heterocycles. The standard InChI is InChI=1S/C17H18F2N2O2S2/c1-12(15-10-13(18)4-6-16(15)19)24-17-7-5-14(11-20-17)25(22,23)21-8-2-3-9-21/h4-7,10-12H,2-3,8-9H2,1H3. The van der Waals surface area contributed by atoms with Crippen LogP contribution >= 0.6 is 11.8 Å². The molecule has 1 fully saturated rings. The molecule has 1 saturated heterocycles. The van der Waals surface area contributed by atoms with Gasteiger partial charge in [-0.15, -0.1) is 0 Å². The third-order valence-electron chi connectivity index (χ3n) is 4.11. The van der Waals surface area contributed by atoms with Gasteiger partial charge < -0.3 is 0 Å². The van der Waals surface area contributed by atoms with E-state index in [-0.39, 0.29) is 15.7 Å². The van der Waals surface area contributed by atoms with Crippen molar-refractivity contribution < 1.29 is 17.2 Å². The van der Waals surface area contributed by atoms with Crippen LogP contribution in [0.2, 0.25) is 0 Å². The van der Waals surface area contributed by atoms with Crippen LogP contribution in [-0.2, 0) is 10.0 Å². The van der Waals surface area contributed by atoms with E-state index in [1.54, 1.807) is 13.0 Å². The highest BCUT2D eigenvalue weighted by atomic mass is 32.2. The minimum Gasteiger partial charge on any atom is -0.249 e. The maximum absolute atomic E-state index is 13.8. The Bertz CT molecular complexity index is 851. The summed E-state index contributed by atoms with van der Waals surface area (Å²) in [6.07, 6.45) is 3.07. The third-order valence-corrected chi connectivity index (χ3v) is 7.08. The second-order valence-corrected chi connectivity index (χ2v) is 9.17. The molecule has 134 valence electrons. The summed E-state index contributed by atoms with van der Waals surface area (Å²) in [6, 6.07) is 6.45. The quantitative estimate of drug-likeness (QED) is 0.731. The molecule has 25 heavy (non-hydrogen) atoms. The number of nitrogens with zero attached hydrogens (tertiary/aromatic N) is 2. The molecule has 3 rings (SSSR count). The van der Waals surface area contributed by atoms with E-state index in [9.17, 15) is 17.2 Å². The van der Waals surface area contributed by atoms with Crippen molar-refractivity contribution in [3.8, 4) is 0 Å². The van der Waals surface area contributed by atoms with Crippen molar-refractivity contribution in [1.29, 1.82) is 0 Å². The van der Waals surface area contributed by atoms with E-state index >= 15 is 0 Å². The highest BCUT2D eigenvalue weighted by molar-refractivity contribution is 7.99. The molecule has 1 atom stereocenters. The van der Waals surface area contributed by atoms with E-state index < -0.39 is 21.7 Å². The lowest BCUT2D eigenvalue weighted by molar-refractivity contribution is 0.477. The summed E-state index contributed by atoms with van der Waals surface area (Å²) in [5.74, 6) is -0.974. The van der Waals surface area contributed by atoms with Gasteiger partial charge in [0.1, 0.15) is 16.5 Å². The topological polar surface area (TPSA) is 50.3 Å². The van der Waals surface area contributed by atoms with Crippen molar-refractivity contribution in [3.63, 3.8) is 0 Å². The summed E-state index contributed by atoms with van der Waals surface area (Å²) >= 11 is 1.24. The van der Waals surface area contributed by atoms with Crippen LogP contribution in [0.15, 0.2) is 46.5 Å². The molecule has 1 aromatic carbocycles. The Balaban J connectivity index is 1.75. The highest BCUT2D eigenvalue weighted by Crippen LogP contribution is 2.35. The van der Waals surface area contributed by atoms with Crippen molar-refractivity contribution in [2.45, 2.75) is 34.9 Å². The first-order valence-electron chi connectivity index (χ1n) is 7.96. The highest BCUT2D eigenvalue weighted by Gasteiger charge is 2.27. The average molecular weight is 384 g/mol. The molecule has 1 aromatic heterocycles. The number of halogens is 2. The molecule has 0 aliphatic carbocycles. The van der Waals surface area contributed by atoms with E-state index in [4.69, 9.17) is 0 Å². The van der Waals surface area contributed by atoms with Crippen LogP contribution < -0.4 is 0 Å². The lowest BCUT2D eigenvalue weighted by Gasteiger charge is -2.16. The van der Waals surface area contributed by atoms with Crippen molar-refractivity contribution in [2.75, 3.05) is 13.1 Å². The van der Waals surface area contributed by atoms with Crippen LogP contribution in [0.4, 0.5) is 8.78 Å². The number of benzene rings is 1. The van der Waals surface area contributed by atoms with Gasteiger partial charge in [0, 0.05) is 30.1 Å². The predicted octanol–water partition coefficient (Wildman–Crippen LogP) is 4.00. The van der Waals surface area contributed by atoms with Crippen molar-refractivity contribution in [2.24, 2.45) is 0 Å². The van der Waals surface area contributed by atoms with Crippen LogP contribution in [0.1, 0.15) is 30.6 Å². The first-order chi connectivity index (χ1) is 11.9. The Morgan fingerprint density at radius 2 is 1.88 bits per heavy atom. The Labute approximate surface area is 150 Å². The first-order valence-corrected chi connectivity index (χ1v) is 10.3. The summed E-state index contributed by atoms with van der Waals surface area (Å²) in [5.41, 5.74) is 0.251. The summed E-state index contributed by atoms with van der Waals surface area (Å²) in [4.78, 5) is 4.33.